The molecule has 2 saturated heterocycles. The molecule has 0 N–H and O–H groups in total. The summed E-state index contributed by atoms with van der Waals surface area (Å²) in [5, 5.41) is 0. The molecule has 0 bridgehead atoms. The average Bonchev–Trinajstić information content (AvgIpc) is 2.98. The molecule has 0 amide bonds. The first-order valence-electron chi connectivity index (χ1n) is 8.94. The quantitative estimate of drug-likeness (QED) is 0.856. The first kappa shape index (κ1) is 16.0. The lowest BCUT2D eigenvalue weighted by Gasteiger charge is -2.39. The molecule has 124 valence electrons. The summed E-state index contributed by atoms with van der Waals surface area (Å²) in [6, 6.07) is 0.811. The number of aromatic nitrogens is 1. The molecule has 0 aliphatic carbocycles. The highest BCUT2D eigenvalue weighted by Crippen LogP contribution is 2.25. The largest absolute Gasteiger partial charge is 0.444 e. The SMILES string of the molecule is CC(C)(C)c1cnc(CN2CCC(N3CCCCC3)CC2)o1. The lowest BCUT2D eigenvalue weighted by molar-refractivity contribution is 0.0854. The Kier molecular flexibility index (Phi) is 4.88. The third kappa shape index (κ3) is 3.90. The predicted molar refractivity (Wildman–Crippen MR) is 88.9 cm³/mol. The Morgan fingerprint density at radius 2 is 1.77 bits per heavy atom. The highest BCUT2D eigenvalue weighted by molar-refractivity contribution is 5.06. The van der Waals surface area contributed by atoms with Crippen molar-refractivity contribution in [1.82, 2.24) is 14.8 Å². The number of hydrogen-bond acceptors (Lipinski definition) is 4. The van der Waals surface area contributed by atoms with Gasteiger partial charge in [-0.2, -0.15) is 0 Å². The number of rotatable bonds is 3. The Morgan fingerprint density at radius 1 is 1.09 bits per heavy atom. The van der Waals surface area contributed by atoms with Crippen LogP contribution in [0.1, 0.15) is 64.5 Å². The van der Waals surface area contributed by atoms with Crippen LogP contribution in [0.3, 0.4) is 0 Å². The monoisotopic (exact) mass is 305 g/mol. The van der Waals surface area contributed by atoms with E-state index in [4.69, 9.17) is 4.42 Å². The molecule has 4 nitrogen and oxygen atoms in total. The van der Waals surface area contributed by atoms with Gasteiger partial charge in [0.2, 0.25) is 5.89 Å². The Balaban J connectivity index is 1.48. The Hall–Kier alpha value is -0.870. The molecule has 1 aromatic heterocycles. The molecule has 1 aromatic rings. The molecule has 4 heteroatoms. The van der Waals surface area contributed by atoms with Crippen LogP contribution in [0.15, 0.2) is 10.6 Å². The Morgan fingerprint density at radius 3 is 2.36 bits per heavy atom. The van der Waals surface area contributed by atoms with Gasteiger partial charge in [0.1, 0.15) is 5.76 Å². The molecule has 2 aliphatic heterocycles. The molecule has 3 rings (SSSR count). The fraction of sp³-hybridized carbons (Fsp3) is 0.833. The van der Waals surface area contributed by atoms with E-state index in [0.717, 1.165) is 24.2 Å². The molecule has 3 heterocycles. The summed E-state index contributed by atoms with van der Waals surface area (Å²) in [5.74, 6) is 1.87. The van der Waals surface area contributed by atoms with Crippen LogP contribution in [0, 0.1) is 0 Å². The summed E-state index contributed by atoms with van der Waals surface area (Å²) in [5.41, 5.74) is 0.0481. The van der Waals surface area contributed by atoms with Gasteiger partial charge < -0.3 is 9.32 Å². The van der Waals surface area contributed by atoms with Crippen LogP contribution < -0.4 is 0 Å². The normalized spacial score (nSPS) is 23.0. The number of piperidine rings is 2. The van der Waals surface area contributed by atoms with Crippen molar-refractivity contribution in [3.8, 4) is 0 Å². The van der Waals surface area contributed by atoms with E-state index in [1.807, 2.05) is 6.20 Å². The van der Waals surface area contributed by atoms with Crippen LogP contribution in [0.5, 0.6) is 0 Å². The van der Waals surface area contributed by atoms with Crippen molar-refractivity contribution in [2.45, 2.75) is 70.9 Å². The summed E-state index contributed by atoms with van der Waals surface area (Å²) < 4.78 is 5.93. The fourth-order valence-corrected chi connectivity index (χ4v) is 3.65. The van der Waals surface area contributed by atoms with Crippen molar-refractivity contribution in [1.29, 1.82) is 0 Å². The van der Waals surface area contributed by atoms with Gasteiger partial charge in [0.25, 0.3) is 0 Å². The van der Waals surface area contributed by atoms with Crippen LogP contribution in [0.4, 0.5) is 0 Å². The maximum Gasteiger partial charge on any atom is 0.208 e. The van der Waals surface area contributed by atoms with Crippen LogP contribution in [0.2, 0.25) is 0 Å². The molecule has 0 radical (unpaired) electrons. The van der Waals surface area contributed by atoms with E-state index in [1.165, 1.54) is 58.3 Å². The third-order valence-electron chi connectivity index (χ3n) is 5.12. The number of hydrogen-bond donors (Lipinski definition) is 0. The summed E-state index contributed by atoms with van der Waals surface area (Å²) in [6.45, 7) is 12.4. The smallest absolute Gasteiger partial charge is 0.208 e. The summed E-state index contributed by atoms with van der Waals surface area (Å²) in [7, 11) is 0. The maximum absolute atomic E-state index is 5.93. The first-order valence-corrected chi connectivity index (χ1v) is 8.94. The zero-order valence-electron chi connectivity index (χ0n) is 14.5. The highest BCUT2D eigenvalue weighted by atomic mass is 16.4. The van der Waals surface area contributed by atoms with Crippen molar-refractivity contribution in [3.05, 3.63) is 17.8 Å². The van der Waals surface area contributed by atoms with E-state index < -0.39 is 0 Å². The number of likely N-dealkylation sites (tertiary alicyclic amines) is 2. The van der Waals surface area contributed by atoms with Crippen molar-refractivity contribution in [2.75, 3.05) is 26.2 Å². The van der Waals surface area contributed by atoms with E-state index in [2.05, 4.69) is 35.6 Å². The van der Waals surface area contributed by atoms with E-state index >= 15 is 0 Å². The minimum Gasteiger partial charge on any atom is -0.444 e. The summed E-state index contributed by atoms with van der Waals surface area (Å²) >= 11 is 0. The molecule has 0 spiro atoms. The van der Waals surface area contributed by atoms with E-state index in [-0.39, 0.29) is 5.41 Å². The van der Waals surface area contributed by atoms with E-state index in [1.54, 1.807) is 0 Å². The number of nitrogens with zero attached hydrogens (tertiary/aromatic N) is 3. The second-order valence-electron chi connectivity index (χ2n) is 7.97. The topological polar surface area (TPSA) is 32.5 Å². The number of oxazole rings is 1. The Labute approximate surface area is 134 Å². The lowest BCUT2D eigenvalue weighted by atomic mass is 9.94. The van der Waals surface area contributed by atoms with E-state index in [9.17, 15) is 0 Å². The Bertz CT molecular complexity index is 463. The molecule has 2 fully saturated rings. The first-order chi connectivity index (χ1) is 10.5. The maximum atomic E-state index is 5.93. The second-order valence-corrected chi connectivity index (χ2v) is 7.97. The molecule has 22 heavy (non-hydrogen) atoms. The summed E-state index contributed by atoms with van der Waals surface area (Å²) in [4.78, 5) is 9.69. The van der Waals surface area contributed by atoms with Gasteiger partial charge in [-0.1, -0.05) is 27.2 Å². The van der Waals surface area contributed by atoms with Gasteiger partial charge in [0.05, 0.1) is 12.7 Å². The predicted octanol–water partition coefficient (Wildman–Crippen LogP) is 3.42. The molecule has 2 aliphatic rings. The minimum absolute atomic E-state index is 0.0481. The van der Waals surface area contributed by atoms with Crippen molar-refractivity contribution in [3.63, 3.8) is 0 Å². The average molecular weight is 305 g/mol. The summed E-state index contributed by atoms with van der Waals surface area (Å²) in [6.07, 6.45) is 8.71. The molecule has 0 atom stereocenters. The highest BCUT2D eigenvalue weighted by Gasteiger charge is 2.26. The van der Waals surface area contributed by atoms with Crippen LogP contribution in [-0.4, -0.2) is 47.0 Å². The van der Waals surface area contributed by atoms with Crippen LogP contribution in [-0.2, 0) is 12.0 Å². The molecule has 0 aromatic carbocycles. The van der Waals surface area contributed by atoms with Gasteiger partial charge in [0, 0.05) is 24.5 Å². The van der Waals surface area contributed by atoms with Gasteiger partial charge in [-0.15, -0.1) is 0 Å². The molecule has 0 saturated carbocycles. The molecular formula is C18H31N3O. The van der Waals surface area contributed by atoms with Crippen LogP contribution >= 0.6 is 0 Å². The van der Waals surface area contributed by atoms with Gasteiger partial charge in [-0.25, -0.2) is 4.98 Å². The minimum atomic E-state index is 0.0481. The van der Waals surface area contributed by atoms with Gasteiger partial charge in [-0.3, -0.25) is 4.90 Å². The van der Waals surface area contributed by atoms with Gasteiger partial charge in [0.15, 0.2) is 0 Å². The van der Waals surface area contributed by atoms with Crippen molar-refractivity contribution >= 4 is 0 Å². The lowest BCUT2D eigenvalue weighted by Crippen LogP contribution is -2.46. The zero-order valence-corrected chi connectivity index (χ0v) is 14.5. The van der Waals surface area contributed by atoms with Crippen LogP contribution in [0.25, 0.3) is 0 Å². The zero-order chi connectivity index (χ0) is 15.6. The van der Waals surface area contributed by atoms with Crippen molar-refractivity contribution < 1.29 is 4.42 Å². The van der Waals surface area contributed by atoms with Gasteiger partial charge in [-0.05, 0) is 38.8 Å². The van der Waals surface area contributed by atoms with Crippen molar-refractivity contribution in [2.24, 2.45) is 0 Å². The standard InChI is InChI=1S/C18H31N3O/c1-18(2,3)16-13-19-17(22-16)14-20-11-7-15(8-12-20)21-9-5-4-6-10-21/h13,15H,4-12,14H2,1-3H3. The molecular weight excluding hydrogens is 274 g/mol. The van der Waals surface area contributed by atoms with Gasteiger partial charge >= 0.3 is 0 Å². The second kappa shape index (κ2) is 6.71. The fourth-order valence-electron chi connectivity index (χ4n) is 3.65. The molecule has 0 unspecified atom stereocenters. The third-order valence-corrected chi connectivity index (χ3v) is 5.12. The van der Waals surface area contributed by atoms with E-state index in [0.29, 0.717) is 0 Å².